The van der Waals surface area contributed by atoms with E-state index in [1.165, 1.54) is 13.2 Å². The van der Waals surface area contributed by atoms with Crippen LogP contribution in [0.25, 0.3) is 0 Å². The topological polar surface area (TPSA) is 54.9 Å². The monoisotopic (exact) mass is 491 g/mol. The molecule has 27 heavy (non-hydrogen) atoms. The van der Waals surface area contributed by atoms with Crippen LogP contribution in [-0.2, 0) is 13.1 Å². The summed E-state index contributed by atoms with van der Waals surface area (Å²) in [5.74, 6) is 1.12. The van der Waals surface area contributed by atoms with E-state index >= 15 is 0 Å². The Morgan fingerprint density at radius 3 is 2.48 bits per heavy atom. The molecule has 2 aromatic rings. The highest BCUT2D eigenvalue weighted by Crippen LogP contribution is 2.26. The minimum absolute atomic E-state index is 0. The molecule has 8 heteroatoms. The molecule has 2 rings (SSSR count). The van der Waals surface area contributed by atoms with Crippen LogP contribution in [0, 0.1) is 0 Å². The second kappa shape index (κ2) is 12.3. The maximum Gasteiger partial charge on any atom is 0.387 e. The Kier molecular flexibility index (Phi) is 10.5. The summed E-state index contributed by atoms with van der Waals surface area (Å²) >= 11 is 0. The largest absolute Gasteiger partial charge is 0.497 e. The van der Waals surface area contributed by atoms with E-state index in [0.717, 1.165) is 5.56 Å². The fourth-order valence-corrected chi connectivity index (χ4v) is 2.29. The van der Waals surface area contributed by atoms with Crippen LogP contribution < -0.4 is 20.1 Å². The van der Waals surface area contributed by atoms with Gasteiger partial charge in [-0.1, -0.05) is 30.3 Å². The van der Waals surface area contributed by atoms with E-state index in [1.807, 2.05) is 37.3 Å². The maximum absolute atomic E-state index is 12.6. The quantitative estimate of drug-likeness (QED) is 0.331. The summed E-state index contributed by atoms with van der Waals surface area (Å²) in [5.41, 5.74) is 1.66. The summed E-state index contributed by atoms with van der Waals surface area (Å²) in [4.78, 5) is 4.50. The zero-order chi connectivity index (χ0) is 18.8. The van der Waals surface area contributed by atoms with Gasteiger partial charge in [-0.15, -0.1) is 24.0 Å². The summed E-state index contributed by atoms with van der Waals surface area (Å²) in [6, 6.07) is 14.7. The van der Waals surface area contributed by atoms with Gasteiger partial charge in [-0.2, -0.15) is 8.78 Å². The highest BCUT2D eigenvalue weighted by molar-refractivity contribution is 14.0. The van der Waals surface area contributed by atoms with E-state index in [0.29, 0.717) is 30.4 Å². The average molecular weight is 491 g/mol. The number of halogens is 3. The smallest absolute Gasteiger partial charge is 0.387 e. The lowest BCUT2D eigenvalue weighted by molar-refractivity contribution is -0.0505. The average Bonchev–Trinajstić information content (AvgIpc) is 2.65. The molecule has 2 N–H and O–H groups in total. The molecular weight excluding hydrogens is 467 g/mol. The molecule has 0 aliphatic rings. The molecule has 5 nitrogen and oxygen atoms in total. The van der Waals surface area contributed by atoms with Crippen molar-refractivity contribution in [2.24, 2.45) is 4.99 Å². The maximum atomic E-state index is 12.6. The number of benzene rings is 2. The van der Waals surface area contributed by atoms with Crippen LogP contribution in [0.1, 0.15) is 18.1 Å². The Balaban J connectivity index is 0.00000364. The second-order valence-corrected chi connectivity index (χ2v) is 5.39. The summed E-state index contributed by atoms with van der Waals surface area (Å²) in [5, 5.41) is 6.26. The Morgan fingerprint density at radius 1 is 1.11 bits per heavy atom. The van der Waals surface area contributed by atoms with Gasteiger partial charge in [0.25, 0.3) is 0 Å². The molecule has 0 saturated heterocycles. The van der Waals surface area contributed by atoms with Crippen molar-refractivity contribution in [2.45, 2.75) is 26.6 Å². The second-order valence-electron chi connectivity index (χ2n) is 5.39. The van der Waals surface area contributed by atoms with Crippen LogP contribution in [0.2, 0.25) is 0 Å². The van der Waals surface area contributed by atoms with E-state index in [9.17, 15) is 8.78 Å². The van der Waals surface area contributed by atoms with Crippen LogP contribution >= 0.6 is 24.0 Å². The van der Waals surface area contributed by atoms with Gasteiger partial charge in [0.05, 0.1) is 13.7 Å². The molecule has 0 spiro atoms. The highest BCUT2D eigenvalue weighted by Gasteiger charge is 2.11. The molecule has 0 radical (unpaired) electrons. The van der Waals surface area contributed by atoms with Crippen molar-refractivity contribution in [3.05, 3.63) is 59.7 Å². The molecule has 0 amide bonds. The number of hydrogen-bond acceptors (Lipinski definition) is 3. The van der Waals surface area contributed by atoms with E-state index in [-0.39, 0.29) is 36.3 Å². The van der Waals surface area contributed by atoms with Gasteiger partial charge in [0.15, 0.2) is 5.96 Å². The molecule has 0 saturated carbocycles. The zero-order valence-electron chi connectivity index (χ0n) is 15.2. The van der Waals surface area contributed by atoms with Crippen molar-refractivity contribution in [1.82, 2.24) is 10.6 Å². The highest BCUT2D eigenvalue weighted by atomic mass is 127. The third kappa shape index (κ3) is 7.98. The SMILES string of the molecule is CCNC(=NCc1ccccc1)NCc1ccc(OC)cc1OC(F)F.I. The van der Waals surface area contributed by atoms with Gasteiger partial charge < -0.3 is 20.1 Å². The van der Waals surface area contributed by atoms with Crippen molar-refractivity contribution >= 4 is 29.9 Å². The zero-order valence-corrected chi connectivity index (χ0v) is 17.6. The number of aliphatic imine (C=N–C) groups is 1. The lowest BCUT2D eigenvalue weighted by atomic mass is 10.2. The fourth-order valence-electron chi connectivity index (χ4n) is 2.29. The van der Waals surface area contributed by atoms with Crippen molar-refractivity contribution in [3.8, 4) is 11.5 Å². The lowest BCUT2D eigenvalue weighted by Gasteiger charge is -2.15. The van der Waals surface area contributed by atoms with Gasteiger partial charge in [-0.3, -0.25) is 0 Å². The van der Waals surface area contributed by atoms with Gasteiger partial charge in [0.2, 0.25) is 0 Å². The van der Waals surface area contributed by atoms with Crippen molar-refractivity contribution in [1.29, 1.82) is 0 Å². The Hall–Kier alpha value is -2.10. The first-order chi connectivity index (χ1) is 12.6. The number of alkyl halides is 2. The first-order valence-electron chi connectivity index (χ1n) is 8.30. The first-order valence-corrected chi connectivity index (χ1v) is 8.30. The molecule has 0 aliphatic heterocycles. The number of hydrogen-bond donors (Lipinski definition) is 2. The molecule has 148 valence electrons. The molecule has 0 bridgehead atoms. The molecule has 0 atom stereocenters. The Morgan fingerprint density at radius 2 is 1.85 bits per heavy atom. The minimum Gasteiger partial charge on any atom is -0.497 e. The van der Waals surface area contributed by atoms with Crippen molar-refractivity contribution < 1.29 is 18.3 Å². The Bertz CT molecular complexity index is 715. The van der Waals surface area contributed by atoms with Gasteiger partial charge >= 0.3 is 6.61 Å². The van der Waals surface area contributed by atoms with Crippen LogP contribution in [0.5, 0.6) is 11.5 Å². The van der Waals surface area contributed by atoms with E-state index in [4.69, 9.17) is 4.74 Å². The van der Waals surface area contributed by atoms with Crippen molar-refractivity contribution in [3.63, 3.8) is 0 Å². The number of ether oxygens (including phenoxy) is 2. The minimum atomic E-state index is -2.90. The van der Waals surface area contributed by atoms with E-state index in [2.05, 4.69) is 20.4 Å². The molecule has 0 aromatic heterocycles. The molecule has 0 aliphatic carbocycles. The molecule has 0 heterocycles. The molecule has 2 aromatic carbocycles. The van der Waals surface area contributed by atoms with Crippen molar-refractivity contribution in [2.75, 3.05) is 13.7 Å². The predicted molar refractivity (Wildman–Crippen MR) is 113 cm³/mol. The Labute approximate surface area is 175 Å². The first kappa shape index (κ1) is 22.9. The van der Waals surface area contributed by atoms with Gasteiger partial charge in [-0.05, 0) is 24.6 Å². The van der Waals surface area contributed by atoms with Gasteiger partial charge in [0.1, 0.15) is 11.5 Å². The summed E-state index contributed by atoms with van der Waals surface area (Å²) < 4.78 is 34.9. The summed E-state index contributed by atoms with van der Waals surface area (Å²) in [6.07, 6.45) is 0. The van der Waals surface area contributed by atoms with Crippen LogP contribution in [0.3, 0.4) is 0 Å². The molecule has 0 fully saturated rings. The van der Waals surface area contributed by atoms with Crippen LogP contribution in [-0.4, -0.2) is 26.2 Å². The normalized spacial score (nSPS) is 10.9. The molecular formula is C19H24F2IN3O2. The third-order valence-corrected chi connectivity index (χ3v) is 3.54. The van der Waals surface area contributed by atoms with E-state index < -0.39 is 6.61 Å². The number of rotatable bonds is 8. The number of nitrogens with one attached hydrogen (secondary N) is 2. The van der Waals surface area contributed by atoms with Gasteiger partial charge in [0, 0.05) is 24.7 Å². The number of nitrogens with zero attached hydrogens (tertiary/aromatic N) is 1. The standard InChI is InChI=1S/C19H23F2N3O2.HI/c1-3-22-19(23-12-14-7-5-4-6-8-14)24-13-15-9-10-16(25-2)11-17(15)26-18(20)21;/h4-11,18H,3,12-13H2,1-2H3,(H2,22,23,24);1H. The fraction of sp³-hybridized carbons (Fsp3) is 0.316. The number of methoxy groups -OCH3 is 1. The van der Waals surface area contributed by atoms with E-state index in [1.54, 1.807) is 12.1 Å². The lowest BCUT2D eigenvalue weighted by Crippen LogP contribution is -2.36. The van der Waals surface area contributed by atoms with Gasteiger partial charge in [-0.25, -0.2) is 4.99 Å². The predicted octanol–water partition coefficient (Wildman–Crippen LogP) is 4.17. The molecule has 0 unspecified atom stereocenters. The van der Waals surface area contributed by atoms with Crippen LogP contribution in [0.4, 0.5) is 8.78 Å². The third-order valence-electron chi connectivity index (χ3n) is 3.54. The number of guanidine groups is 1. The summed E-state index contributed by atoms with van der Waals surface area (Å²) in [6.45, 7) is 0.536. The summed E-state index contributed by atoms with van der Waals surface area (Å²) in [7, 11) is 1.47. The van der Waals surface area contributed by atoms with Crippen LogP contribution in [0.15, 0.2) is 53.5 Å².